The van der Waals surface area contributed by atoms with Crippen molar-refractivity contribution >= 4 is 11.7 Å². The predicted molar refractivity (Wildman–Crippen MR) is 78.8 cm³/mol. The summed E-state index contributed by atoms with van der Waals surface area (Å²) >= 11 is 0. The van der Waals surface area contributed by atoms with Crippen molar-refractivity contribution in [1.82, 2.24) is 25.1 Å². The molecule has 2 atom stereocenters. The molecule has 0 radical (unpaired) electrons. The Labute approximate surface area is 127 Å². The number of nitrogens with one attached hydrogen (secondary N) is 1. The van der Waals surface area contributed by atoms with Gasteiger partial charge in [-0.1, -0.05) is 0 Å². The summed E-state index contributed by atoms with van der Waals surface area (Å²) in [5, 5.41) is 7.11. The lowest BCUT2D eigenvalue weighted by Gasteiger charge is -2.31. The third-order valence-corrected chi connectivity index (χ3v) is 3.63. The van der Waals surface area contributed by atoms with Gasteiger partial charge in [0.2, 0.25) is 0 Å². The zero-order chi connectivity index (χ0) is 15.5. The van der Waals surface area contributed by atoms with E-state index in [1.54, 1.807) is 10.9 Å². The first kappa shape index (κ1) is 14.5. The van der Waals surface area contributed by atoms with Crippen LogP contribution in [0.1, 0.15) is 35.0 Å². The van der Waals surface area contributed by atoms with Gasteiger partial charge in [0.1, 0.15) is 6.10 Å². The van der Waals surface area contributed by atoms with E-state index in [9.17, 15) is 4.79 Å². The molecule has 3 N–H and O–H groups in total. The number of anilines is 1. The van der Waals surface area contributed by atoms with Gasteiger partial charge in [-0.2, -0.15) is 5.10 Å². The van der Waals surface area contributed by atoms with E-state index in [-0.39, 0.29) is 29.6 Å². The van der Waals surface area contributed by atoms with Crippen molar-refractivity contribution in [3.8, 4) is 0 Å². The Kier molecular flexibility index (Phi) is 4.01. The third kappa shape index (κ3) is 2.91. The van der Waals surface area contributed by atoms with Crippen LogP contribution < -0.4 is 11.1 Å². The molecule has 0 unspecified atom stereocenters. The highest BCUT2D eigenvalue weighted by molar-refractivity contribution is 5.96. The number of aromatic nitrogens is 4. The molecule has 2 aromatic heterocycles. The second kappa shape index (κ2) is 6.10. The number of aryl methyl sites for hydroxylation is 1. The van der Waals surface area contributed by atoms with E-state index in [1.807, 2.05) is 13.2 Å². The van der Waals surface area contributed by atoms with Crippen LogP contribution in [-0.4, -0.2) is 38.3 Å². The summed E-state index contributed by atoms with van der Waals surface area (Å²) in [4.78, 5) is 20.2. The van der Waals surface area contributed by atoms with Crippen molar-refractivity contribution in [2.24, 2.45) is 7.05 Å². The van der Waals surface area contributed by atoms with Crippen molar-refractivity contribution < 1.29 is 9.53 Å². The Hall–Kier alpha value is -2.48. The van der Waals surface area contributed by atoms with Gasteiger partial charge in [-0.3, -0.25) is 9.48 Å². The van der Waals surface area contributed by atoms with E-state index in [2.05, 4.69) is 20.4 Å². The molecule has 0 aliphatic carbocycles. The summed E-state index contributed by atoms with van der Waals surface area (Å²) in [6, 6.07) is -0.146. The van der Waals surface area contributed by atoms with Crippen LogP contribution in [0.3, 0.4) is 0 Å². The highest BCUT2D eigenvalue weighted by Crippen LogP contribution is 2.28. The van der Waals surface area contributed by atoms with Crippen LogP contribution in [0.4, 0.5) is 5.82 Å². The summed E-state index contributed by atoms with van der Waals surface area (Å²) in [5.74, 6) is -0.218. The molecule has 2 aromatic rings. The normalized spacial score (nSPS) is 21.5. The number of nitrogens with zero attached hydrogens (tertiary/aromatic N) is 4. The van der Waals surface area contributed by atoms with Gasteiger partial charge < -0.3 is 15.8 Å². The third-order valence-electron chi connectivity index (χ3n) is 3.63. The molecule has 0 saturated carbocycles. The van der Waals surface area contributed by atoms with Crippen LogP contribution in [0, 0.1) is 0 Å². The highest BCUT2D eigenvalue weighted by Gasteiger charge is 2.30. The van der Waals surface area contributed by atoms with Gasteiger partial charge in [-0.05, 0) is 12.8 Å². The molecule has 0 bridgehead atoms. The van der Waals surface area contributed by atoms with Gasteiger partial charge in [0.15, 0.2) is 11.5 Å². The maximum absolute atomic E-state index is 12.3. The first-order valence-electron chi connectivity index (χ1n) is 7.12. The predicted octanol–water partition coefficient (Wildman–Crippen LogP) is 0.442. The smallest absolute Gasteiger partial charge is 0.274 e. The minimum atomic E-state index is -0.338. The molecule has 22 heavy (non-hydrogen) atoms. The molecule has 8 heteroatoms. The highest BCUT2D eigenvalue weighted by atomic mass is 16.5. The van der Waals surface area contributed by atoms with Crippen LogP contribution in [0.15, 0.2) is 24.8 Å². The van der Waals surface area contributed by atoms with E-state index in [0.29, 0.717) is 6.61 Å². The number of nitrogen functional groups attached to an aromatic ring is 1. The topological polar surface area (TPSA) is 108 Å². The van der Waals surface area contributed by atoms with Crippen LogP contribution in [-0.2, 0) is 11.8 Å². The first-order chi connectivity index (χ1) is 10.6. The summed E-state index contributed by atoms with van der Waals surface area (Å²) in [7, 11) is 1.85. The van der Waals surface area contributed by atoms with Gasteiger partial charge >= 0.3 is 0 Å². The molecule has 1 aliphatic rings. The average molecular weight is 302 g/mol. The lowest BCUT2D eigenvalue weighted by molar-refractivity contribution is -0.00954. The molecular weight excluding hydrogens is 284 g/mol. The maximum Gasteiger partial charge on any atom is 0.274 e. The Bertz CT molecular complexity index is 671. The molecule has 1 amide bonds. The number of ether oxygens (including phenoxy) is 1. The molecule has 0 spiro atoms. The number of nitrogens with two attached hydrogens (primary N) is 1. The van der Waals surface area contributed by atoms with Gasteiger partial charge in [-0.25, -0.2) is 9.97 Å². The largest absolute Gasteiger partial charge is 0.382 e. The fourth-order valence-electron chi connectivity index (χ4n) is 2.61. The van der Waals surface area contributed by atoms with Gasteiger partial charge in [0.05, 0.1) is 12.2 Å². The lowest BCUT2D eigenvalue weighted by atomic mass is 9.98. The van der Waals surface area contributed by atoms with Gasteiger partial charge in [0, 0.05) is 37.8 Å². The molecule has 8 nitrogen and oxygen atoms in total. The van der Waals surface area contributed by atoms with Crippen LogP contribution in [0.25, 0.3) is 0 Å². The Morgan fingerprint density at radius 3 is 3.00 bits per heavy atom. The summed E-state index contributed by atoms with van der Waals surface area (Å²) in [5.41, 5.74) is 6.78. The Morgan fingerprint density at radius 2 is 2.27 bits per heavy atom. The minimum Gasteiger partial charge on any atom is -0.382 e. The van der Waals surface area contributed by atoms with E-state index in [1.165, 1.54) is 12.4 Å². The molecule has 3 rings (SSSR count). The number of hydrogen-bond donors (Lipinski definition) is 2. The van der Waals surface area contributed by atoms with Crippen LogP contribution in [0.5, 0.6) is 0 Å². The standard InChI is InChI=1S/C14H18N6O2/c1-20-8-9(7-18-20)12-10(3-2-6-22-12)19-14(21)11-13(15)17-5-4-16-11/h4-5,7-8,10,12H,2-3,6H2,1H3,(H2,15,17)(H,19,21)/t10-,12+/m0/s1. The van der Waals surface area contributed by atoms with Crippen molar-refractivity contribution in [3.05, 3.63) is 36.0 Å². The summed E-state index contributed by atoms with van der Waals surface area (Å²) < 4.78 is 7.54. The van der Waals surface area contributed by atoms with E-state index >= 15 is 0 Å². The SMILES string of the molecule is Cn1cc([C@H]2OCCC[C@@H]2NC(=O)c2nccnc2N)cn1. The minimum absolute atomic E-state index is 0.120. The quantitative estimate of drug-likeness (QED) is 0.852. The Morgan fingerprint density at radius 1 is 1.45 bits per heavy atom. The molecule has 1 saturated heterocycles. The number of hydrogen-bond acceptors (Lipinski definition) is 6. The number of carbonyl (C=O) groups excluding carboxylic acids is 1. The summed E-state index contributed by atoms with van der Waals surface area (Å²) in [6.07, 6.45) is 8.04. The number of amides is 1. The van der Waals surface area contributed by atoms with E-state index in [4.69, 9.17) is 10.5 Å². The molecule has 1 fully saturated rings. The fourth-order valence-corrected chi connectivity index (χ4v) is 2.61. The molecule has 1 aliphatic heterocycles. The van der Waals surface area contributed by atoms with E-state index in [0.717, 1.165) is 18.4 Å². The van der Waals surface area contributed by atoms with Gasteiger partial charge in [0.25, 0.3) is 5.91 Å². The zero-order valence-electron chi connectivity index (χ0n) is 12.3. The molecular formula is C14H18N6O2. The van der Waals surface area contributed by atoms with Crippen molar-refractivity contribution in [2.45, 2.75) is 25.0 Å². The van der Waals surface area contributed by atoms with Crippen LogP contribution >= 0.6 is 0 Å². The number of rotatable bonds is 3. The van der Waals surface area contributed by atoms with Crippen LogP contribution in [0.2, 0.25) is 0 Å². The monoisotopic (exact) mass is 302 g/mol. The van der Waals surface area contributed by atoms with Crippen molar-refractivity contribution in [2.75, 3.05) is 12.3 Å². The lowest BCUT2D eigenvalue weighted by Crippen LogP contribution is -2.43. The van der Waals surface area contributed by atoms with Gasteiger partial charge in [-0.15, -0.1) is 0 Å². The molecule has 3 heterocycles. The van der Waals surface area contributed by atoms with E-state index < -0.39 is 0 Å². The second-order valence-corrected chi connectivity index (χ2v) is 5.25. The second-order valence-electron chi connectivity index (χ2n) is 5.25. The Balaban J connectivity index is 1.77. The van der Waals surface area contributed by atoms with Crippen molar-refractivity contribution in [3.63, 3.8) is 0 Å². The average Bonchev–Trinajstić information content (AvgIpc) is 2.94. The fraction of sp³-hybridized carbons (Fsp3) is 0.429. The first-order valence-corrected chi connectivity index (χ1v) is 7.12. The van der Waals surface area contributed by atoms with Crippen molar-refractivity contribution in [1.29, 1.82) is 0 Å². The summed E-state index contributed by atoms with van der Waals surface area (Å²) in [6.45, 7) is 0.666. The number of carbonyl (C=O) groups is 1. The maximum atomic E-state index is 12.3. The molecule has 116 valence electrons. The molecule has 0 aromatic carbocycles. The zero-order valence-corrected chi connectivity index (χ0v) is 12.3.